The van der Waals surface area contributed by atoms with Crippen LogP contribution in [0.1, 0.15) is 24.1 Å². The van der Waals surface area contributed by atoms with Crippen molar-refractivity contribution >= 4 is 11.9 Å². The van der Waals surface area contributed by atoms with Crippen LogP contribution < -0.4 is 10.6 Å². The number of carbonyl (C=O) groups is 2. The number of aliphatic hydroxyl groups is 1. The van der Waals surface area contributed by atoms with Crippen molar-refractivity contribution in [1.29, 1.82) is 0 Å². The minimum absolute atomic E-state index is 0.144. The number of hydrogen-bond acceptors (Lipinski definition) is 3. The van der Waals surface area contributed by atoms with Crippen molar-refractivity contribution in [3.63, 3.8) is 0 Å². The molecule has 0 bridgehead atoms. The van der Waals surface area contributed by atoms with Gasteiger partial charge < -0.3 is 20.6 Å². The zero-order chi connectivity index (χ0) is 15.9. The summed E-state index contributed by atoms with van der Waals surface area (Å²) in [6, 6.07) is 6.99. The highest BCUT2D eigenvalue weighted by Gasteiger charge is 2.40. The number of aryl methyl sites for hydroxylation is 1. The van der Waals surface area contributed by atoms with Gasteiger partial charge in [0.2, 0.25) is 0 Å². The first-order chi connectivity index (χ1) is 10.5. The van der Waals surface area contributed by atoms with Crippen LogP contribution in [0.5, 0.6) is 0 Å². The molecule has 3 N–H and O–H groups in total. The van der Waals surface area contributed by atoms with Gasteiger partial charge in [0.15, 0.2) is 0 Å². The van der Waals surface area contributed by atoms with Crippen molar-refractivity contribution in [2.24, 2.45) is 0 Å². The molecule has 0 saturated heterocycles. The van der Waals surface area contributed by atoms with Crippen molar-refractivity contribution in [2.75, 3.05) is 13.1 Å². The number of β-amino-alcohol motifs (C(OH)–C–C–N with tert-alkyl or cyclic N) is 1. The highest BCUT2D eigenvalue weighted by molar-refractivity contribution is 6.01. The number of nitrogens with zero attached hydrogens (tertiary/aromatic N) is 1. The Kier molecular flexibility index (Phi) is 3.62. The summed E-state index contributed by atoms with van der Waals surface area (Å²) in [4.78, 5) is 26.1. The number of hydrogen-bond donors (Lipinski definition) is 3. The van der Waals surface area contributed by atoms with Crippen LogP contribution in [0.4, 0.5) is 4.79 Å². The van der Waals surface area contributed by atoms with Crippen LogP contribution in [0.15, 0.2) is 35.5 Å². The second kappa shape index (κ2) is 5.46. The number of nitrogens with one attached hydrogen (secondary N) is 2. The van der Waals surface area contributed by atoms with E-state index >= 15 is 0 Å². The van der Waals surface area contributed by atoms with Gasteiger partial charge in [0.1, 0.15) is 0 Å². The molecule has 22 heavy (non-hydrogen) atoms. The van der Waals surface area contributed by atoms with Gasteiger partial charge in [-0.3, -0.25) is 4.79 Å². The molecule has 1 aromatic rings. The third kappa shape index (κ3) is 2.57. The molecule has 0 unspecified atom stereocenters. The van der Waals surface area contributed by atoms with Crippen molar-refractivity contribution in [1.82, 2.24) is 15.5 Å². The Morgan fingerprint density at radius 1 is 1.41 bits per heavy atom. The molecular weight excluding hydrogens is 282 g/mol. The smallest absolute Gasteiger partial charge is 0.319 e. The summed E-state index contributed by atoms with van der Waals surface area (Å²) in [7, 11) is 0. The first kappa shape index (κ1) is 14.6. The number of urea groups is 1. The predicted molar refractivity (Wildman–Crippen MR) is 80.9 cm³/mol. The summed E-state index contributed by atoms with van der Waals surface area (Å²) in [6.45, 7) is 4.19. The lowest BCUT2D eigenvalue weighted by molar-refractivity contribution is -0.126. The summed E-state index contributed by atoms with van der Waals surface area (Å²) in [6.07, 6.45) is -0.605. The maximum atomic E-state index is 12.6. The lowest BCUT2D eigenvalue weighted by atomic mass is 9.95. The van der Waals surface area contributed by atoms with Crippen LogP contribution in [-0.4, -0.2) is 41.1 Å². The standard InChI is InChI=1S/C16H19N3O3/c1-9-4-3-5-11(6-9)14-13-12(17-16(22)18-14)8-19(15(13)21)7-10(2)20/h3-6,10,14,20H,7-8H2,1-2H3,(H2,17,18,22)/t10-,14+/m0/s1. The Morgan fingerprint density at radius 3 is 2.86 bits per heavy atom. The van der Waals surface area contributed by atoms with Crippen molar-refractivity contribution in [3.8, 4) is 0 Å². The van der Waals surface area contributed by atoms with Gasteiger partial charge in [0.25, 0.3) is 5.91 Å². The molecule has 6 heteroatoms. The molecule has 0 fully saturated rings. The van der Waals surface area contributed by atoms with Gasteiger partial charge in [-0.2, -0.15) is 0 Å². The summed E-state index contributed by atoms with van der Waals surface area (Å²) in [5, 5.41) is 15.0. The molecule has 116 valence electrons. The van der Waals surface area contributed by atoms with Crippen LogP contribution in [0.2, 0.25) is 0 Å². The fraction of sp³-hybridized carbons (Fsp3) is 0.375. The molecule has 2 atom stereocenters. The summed E-state index contributed by atoms with van der Waals surface area (Å²) in [5.74, 6) is -0.144. The van der Waals surface area contributed by atoms with E-state index in [1.165, 1.54) is 0 Å². The van der Waals surface area contributed by atoms with Gasteiger partial charge >= 0.3 is 6.03 Å². The van der Waals surface area contributed by atoms with Crippen LogP contribution in [0, 0.1) is 6.92 Å². The second-order valence-corrected chi connectivity index (χ2v) is 5.87. The third-order valence-corrected chi connectivity index (χ3v) is 3.88. The molecular formula is C16H19N3O3. The Labute approximate surface area is 128 Å². The van der Waals surface area contributed by atoms with Crippen LogP contribution in [0.25, 0.3) is 0 Å². The first-order valence-corrected chi connectivity index (χ1v) is 7.30. The topological polar surface area (TPSA) is 81.7 Å². The van der Waals surface area contributed by atoms with Gasteiger partial charge in [0, 0.05) is 6.54 Å². The lowest BCUT2D eigenvalue weighted by Crippen LogP contribution is -2.44. The van der Waals surface area contributed by atoms with Gasteiger partial charge in [-0.1, -0.05) is 29.8 Å². The van der Waals surface area contributed by atoms with E-state index < -0.39 is 12.1 Å². The maximum Gasteiger partial charge on any atom is 0.319 e. The molecule has 1 aromatic carbocycles. The highest BCUT2D eigenvalue weighted by Crippen LogP contribution is 2.32. The fourth-order valence-corrected chi connectivity index (χ4v) is 2.99. The summed E-state index contributed by atoms with van der Waals surface area (Å²) < 4.78 is 0. The van der Waals surface area contributed by atoms with E-state index in [2.05, 4.69) is 10.6 Å². The molecule has 2 aliphatic rings. The molecule has 6 nitrogen and oxygen atoms in total. The number of benzene rings is 1. The number of carbonyl (C=O) groups excluding carboxylic acids is 2. The lowest BCUT2D eigenvalue weighted by Gasteiger charge is -2.25. The Balaban J connectivity index is 1.96. The van der Waals surface area contributed by atoms with E-state index in [0.29, 0.717) is 17.8 Å². The molecule has 3 amide bonds. The molecule has 2 aliphatic heterocycles. The van der Waals surface area contributed by atoms with Gasteiger partial charge in [-0.25, -0.2) is 4.79 Å². The number of aliphatic hydroxyl groups excluding tert-OH is 1. The number of amides is 3. The van der Waals surface area contributed by atoms with E-state index in [1.807, 2.05) is 31.2 Å². The van der Waals surface area contributed by atoms with Crippen LogP contribution in [0.3, 0.4) is 0 Å². The molecule has 0 spiro atoms. The zero-order valence-electron chi connectivity index (χ0n) is 12.6. The van der Waals surface area contributed by atoms with Crippen molar-refractivity contribution < 1.29 is 14.7 Å². The summed E-state index contributed by atoms with van der Waals surface area (Å²) >= 11 is 0. The Hall–Kier alpha value is -2.34. The normalized spacial score (nSPS) is 22.3. The SMILES string of the molecule is Cc1cccc([C@H]2NC(=O)NC3=C2C(=O)N(C[C@H](C)O)C3)c1. The summed E-state index contributed by atoms with van der Waals surface area (Å²) in [5.41, 5.74) is 3.14. The fourth-order valence-electron chi connectivity index (χ4n) is 2.99. The third-order valence-electron chi connectivity index (χ3n) is 3.88. The molecule has 0 aliphatic carbocycles. The van der Waals surface area contributed by atoms with Gasteiger partial charge in [-0.15, -0.1) is 0 Å². The average Bonchev–Trinajstić information content (AvgIpc) is 2.73. The quantitative estimate of drug-likeness (QED) is 0.773. The molecule has 0 radical (unpaired) electrons. The van der Waals surface area contributed by atoms with Crippen LogP contribution >= 0.6 is 0 Å². The molecule has 0 aromatic heterocycles. The Morgan fingerprint density at radius 2 is 2.18 bits per heavy atom. The second-order valence-electron chi connectivity index (χ2n) is 5.87. The average molecular weight is 301 g/mol. The minimum atomic E-state index is -0.605. The maximum absolute atomic E-state index is 12.6. The van der Waals surface area contributed by atoms with E-state index in [0.717, 1.165) is 11.1 Å². The predicted octanol–water partition coefficient (Wildman–Crippen LogP) is 0.826. The van der Waals surface area contributed by atoms with Gasteiger partial charge in [-0.05, 0) is 19.4 Å². The van der Waals surface area contributed by atoms with Crippen molar-refractivity contribution in [2.45, 2.75) is 26.0 Å². The van der Waals surface area contributed by atoms with Crippen LogP contribution in [-0.2, 0) is 4.79 Å². The zero-order valence-corrected chi connectivity index (χ0v) is 12.6. The van der Waals surface area contributed by atoms with E-state index in [9.17, 15) is 14.7 Å². The Bertz CT molecular complexity index is 666. The monoisotopic (exact) mass is 301 g/mol. The van der Waals surface area contributed by atoms with Gasteiger partial charge in [0.05, 0.1) is 30.0 Å². The molecule has 2 heterocycles. The van der Waals surface area contributed by atoms with E-state index in [1.54, 1.807) is 11.8 Å². The molecule has 3 rings (SSSR count). The first-order valence-electron chi connectivity index (χ1n) is 7.30. The number of rotatable bonds is 3. The minimum Gasteiger partial charge on any atom is -0.392 e. The van der Waals surface area contributed by atoms with E-state index in [4.69, 9.17) is 0 Å². The van der Waals surface area contributed by atoms with E-state index in [-0.39, 0.29) is 18.5 Å². The van der Waals surface area contributed by atoms with Crippen molar-refractivity contribution in [3.05, 3.63) is 46.7 Å². The molecule has 0 saturated carbocycles. The largest absolute Gasteiger partial charge is 0.392 e. The highest BCUT2D eigenvalue weighted by atomic mass is 16.3.